The SMILES string of the molecule is CC(C)c1ccc2oc(-c3ccc(NC(=O)COc4ccccc4[N+](=O)[O-])cc3)nc2c1. The number of hydrogen-bond acceptors (Lipinski definition) is 6. The summed E-state index contributed by atoms with van der Waals surface area (Å²) >= 11 is 0. The molecule has 0 bridgehead atoms. The van der Waals surface area contributed by atoms with Crippen molar-refractivity contribution in [3.63, 3.8) is 0 Å². The Labute approximate surface area is 184 Å². The number of amides is 1. The molecule has 8 heteroatoms. The molecule has 0 radical (unpaired) electrons. The van der Waals surface area contributed by atoms with Crippen molar-refractivity contribution in [2.75, 3.05) is 11.9 Å². The molecule has 1 amide bonds. The number of benzene rings is 3. The monoisotopic (exact) mass is 431 g/mol. The Morgan fingerprint density at radius 1 is 1.12 bits per heavy atom. The maximum absolute atomic E-state index is 12.2. The second-order valence-corrected chi connectivity index (χ2v) is 7.54. The van der Waals surface area contributed by atoms with Gasteiger partial charge in [0.05, 0.1) is 4.92 Å². The third-order valence-electron chi connectivity index (χ3n) is 4.91. The first-order valence-electron chi connectivity index (χ1n) is 10.1. The number of aromatic nitrogens is 1. The van der Waals surface area contributed by atoms with Crippen molar-refractivity contribution >= 4 is 28.4 Å². The summed E-state index contributed by atoms with van der Waals surface area (Å²) in [6.45, 7) is 3.90. The molecule has 4 aromatic rings. The van der Waals surface area contributed by atoms with Crippen molar-refractivity contribution in [2.45, 2.75) is 19.8 Å². The average Bonchev–Trinajstić information content (AvgIpc) is 3.21. The predicted molar refractivity (Wildman–Crippen MR) is 121 cm³/mol. The standard InChI is InChI=1S/C24H21N3O5/c1-15(2)17-9-12-21-19(13-17)26-24(32-21)16-7-10-18(11-8-16)25-23(28)14-31-22-6-4-3-5-20(22)27(29)30/h3-13,15H,14H2,1-2H3,(H,25,28). The van der Waals surface area contributed by atoms with Gasteiger partial charge in [-0.3, -0.25) is 14.9 Å². The van der Waals surface area contributed by atoms with E-state index in [2.05, 4.69) is 24.1 Å². The van der Waals surface area contributed by atoms with Crippen LogP contribution in [0.2, 0.25) is 0 Å². The molecule has 1 heterocycles. The van der Waals surface area contributed by atoms with Gasteiger partial charge in [-0.15, -0.1) is 0 Å². The van der Waals surface area contributed by atoms with Crippen LogP contribution in [-0.4, -0.2) is 22.4 Å². The molecule has 32 heavy (non-hydrogen) atoms. The number of oxazole rings is 1. The van der Waals surface area contributed by atoms with Crippen molar-refractivity contribution in [2.24, 2.45) is 0 Å². The first kappa shape index (κ1) is 21.0. The number of carbonyl (C=O) groups excluding carboxylic acids is 1. The molecule has 1 N–H and O–H groups in total. The fourth-order valence-electron chi connectivity index (χ4n) is 3.19. The Hall–Kier alpha value is -4.20. The zero-order valence-corrected chi connectivity index (χ0v) is 17.6. The van der Waals surface area contributed by atoms with Crippen LogP contribution in [0.3, 0.4) is 0 Å². The van der Waals surface area contributed by atoms with E-state index in [1.54, 1.807) is 30.3 Å². The zero-order valence-electron chi connectivity index (χ0n) is 17.6. The summed E-state index contributed by atoms with van der Waals surface area (Å²) in [6.07, 6.45) is 0. The van der Waals surface area contributed by atoms with Crippen molar-refractivity contribution in [3.8, 4) is 17.2 Å². The Bertz CT molecular complexity index is 1280. The van der Waals surface area contributed by atoms with E-state index in [0.717, 1.165) is 11.1 Å². The fraction of sp³-hybridized carbons (Fsp3) is 0.167. The van der Waals surface area contributed by atoms with Gasteiger partial charge in [0.2, 0.25) is 5.89 Å². The minimum absolute atomic E-state index is 0.0413. The Morgan fingerprint density at radius 2 is 1.88 bits per heavy atom. The van der Waals surface area contributed by atoms with Crippen LogP contribution in [0.15, 0.2) is 71.1 Å². The summed E-state index contributed by atoms with van der Waals surface area (Å²) in [7, 11) is 0. The van der Waals surface area contributed by atoms with Gasteiger partial charge in [-0.2, -0.15) is 0 Å². The second kappa shape index (κ2) is 8.89. The van der Waals surface area contributed by atoms with Gasteiger partial charge in [0.25, 0.3) is 5.91 Å². The number of anilines is 1. The minimum atomic E-state index is -0.554. The highest BCUT2D eigenvalue weighted by Gasteiger charge is 2.15. The van der Waals surface area contributed by atoms with E-state index >= 15 is 0 Å². The molecule has 0 spiro atoms. The van der Waals surface area contributed by atoms with E-state index in [9.17, 15) is 14.9 Å². The molecule has 0 unspecified atom stereocenters. The molecule has 4 rings (SSSR count). The summed E-state index contributed by atoms with van der Waals surface area (Å²) in [5.74, 6) is 0.511. The predicted octanol–water partition coefficient (Wildman–Crippen LogP) is 5.54. The number of carbonyl (C=O) groups is 1. The van der Waals surface area contributed by atoms with Gasteiger partial charge in [-0.05, 0) is 53.9 Å². The third-order valence-corrected chi connectivity index (χ3v) is 4.91. The molecule has 8 nitrogen and oxygen atoms in total. The Kier molecular flexibility index (Phi) is 5.85. The van der Waals surface area contributed by atoms with E-state index in [1.807, 2.05) is 18.2 Å². The van der Waals surface area contributed by atoms with E-state index in [-0.39, 0.29) is 18.0 Å². The quantitative estimate of drug-likeness (QED) is 0.304. The van der Waals surface area contributed by atoms with Gasteiger partial charge < -0.3 is 14.5 Å². The van der Waals surface area contributed by atoms with Gasteiger partial charge in [0, 0.05) is 17.3 Å². The normalized spacial score (nSPS) is 11.0. The molecule has 1 aromatic heterocycles. The highest BCUT2D eigenvalue weighted by atomic mass is 16.6. The minimum Gasteiger partial charge on any atom is -0.477 e. The first-order valence-corrected chi connectivity index (χ1v) is 10.1. The van der Waals surface area contributed by atoms with Crippen LogP contribution < -0.4 is 10.1 Å². The molecule has 0 aliphatic rings. The number of nitrogens with one attached hydrogen (secondary N) is 1. The maximum Gasteiger partial charge on any atom is 0.310 e. The van der Waals surface area contributed by atoms with Crippen LogP contribution in [0.25, 0.3) is 22.6 Å². The summed E-state index contributed by atoms with van der Waals surface area (Å²) in [6, 6.07) is 18.9. The number of rotatable bonds is 7. The van der Waals surface area contributed by atoms with E-state index in [4.69, 9.17) is 9.15 Å². The Morgan fingerprint density at radius 3 is 2.59 bits per heavy atom. The lowest BCUT2D eigenvalue weighted by molar-refractivity contribution is -0.385. The number of hydrogen-bond donors (Lipinski definition) is 1. The summed E-state index contributed by atoms with van der Waals surface area (Å²) in [5.41, 5.74) is 3.86. The first-order chi connectivity index (χ1) is 15.4. The number of nitro groups is 1. The molecule has 0 aliphatic heterocycles. The highest BCUT2D eigenvalue weighted by molar-refractivity contribution is 5.92. The molecule has 0 saturated carbocycles. The molecule has 0 atom stereocenters. The van der Waals surface area contributed by atoms with Crippen molar-refractivity contribution in [1.29, 1.82) is 0 Å². The molecule has 3 aromatic carbocycles. The van der Waals surface area contributed by atoms with Crippen LogP contribution in [0, 0.1) is 10.1 Å². The van der Waals surface area contributed by atoms with Crippen molar-refractivity contribution in [1.82, 2.24) is 4.98 Å². The highest BCUT2D eigenvalue weighted by Crippen LogP contribution is 2.28. The third kappa shape index (κ3) is 4.59. The average molecular weight is 431 g/mol. The number of nitrogens with zero attached hydrogens (tertiary/aromatic N) is 2. The number of nitro benzene ring substituents is 1. The number of para-hydroxylation sites is 2. The van der Waals surface area contributed by atoms with Crippen molar-refractivity contribution in [3.05, 3.63) is 82.4 Å². The van der Waals surface area contributed by atoms with Gasteiger partial charge >= 0.3 is 5.69 Å². The van der Waals surface area contributed by atoms with Crippen LogP contribution >= 0.6 is 0 Å². The van der Waals surface area contributed by atoms with E-state index in [0.29, 0.717) is 23.1 Å². The molecular weight excluding hydrogens is 410 g/mol. The van der Waals surface area contributed by atoms with Gasteiger partial charge in [0.15, 0.2) is 17.9 Å². The van der Waals surface area contributed by atoms with Crippen LogP contribution in [0.5, 0.6) is 5.75 Å². The summed E-state index contributed by atoms with van der Waals surface area (Å²) in [5, 5.41) is 13.7. The van der Waals surface area contributed by atoms with Gasteiger partial charge in [-0.25, -0.2) is 4.98 Å². The smallest absolute Gasteiger partial charge is 0.310 e. The largest absolute Gasteiger partial charge is 0.477 e. The van der Waals surface area contributed by atoms with Crippen molar-refractivity contribution < 1.29 is 18.9 Å². The number of ether oxygens (including phenoxy) is 1. The lowest BCUT2D eigenvalue weighted by atomic mass is 10.0. The summed E-state index contributed by atoms with van der Waals surface area (Å²) < 4.78 is 11.2. The topological polar surface area (TPSA) is 108 Å². The van der Waals surface area contributed by atoms with E-state index in [1.165, 1.54) is 23.8 Å². The summed E-state index contributed by atoms with van der Waals surface area (Å²) in [4.78, 5) is 27.2. The lowest BCUT2D eigenvalue weighted by Gasteiger charge is -2.08. The molecule has 0 saturated heterocycles. The lowest BCUT2D eigenvalue weighted by Crippen LogP contribution is -2.20. The van der Waals surface area contributed by atoms with Crippen LogP contribution in [0.4, 0.5) is 11.4 Å². The van der Waals surface area contributed by atoms with E-state index < -0.39 is 10.8 Å². The van der Waals surface area contributed by atoms with Gasteiger partial charge in [0.1, 0.15) is 5.52 Å². The second-order valence-electron chi connectivity index (χ2n) is 7.54. The fourth-order valence-corrected chi connectivity index (χ4v) is 3.19. The molecule has 0 fully saturated rings. The number of fused-ring (bicyclic) bond motifs is 1. The van der Waals surface area contributed by atoms with Crippen LogP contribution in [-0.2, 0) is 4.79 Å². The zero-order chi connectivity index (χ0) is 22.7. The Balaban J connectivity index is 1.41. The van der Waals surface area contributed by atoms with Crippen LogP contribution in [0.1, 0.15) is 25.3 Å². The maximum atomic E-state index is 12.2. The van der Waals surface area contributed by atoms with Gasteiger partial charge in [-0.1, -0.05) is 32.0 Å². The molecule has 162 valence electrons. The molecule has 0 aliphatic carbocycles. The molecular formula is C24H21N3O5.